The van der Waals surface area contributed by atoms with E-state index >= 15 is 0 Å². The first-order chi connectivity index (χ1) is 8.79. The molecule has 1 aromatic carbocycles. The molecule has 0 saturated heterocycles. The Kier molecular flexibility index (Phi) is 5.72. The van der Waals surface area contributed by atoms with Crippen molar-refractivity contribution in [2.75, 3.05) is 14.2 Å². The second-order valence-corrected chi connectivity index (χ2v) is 7.19. The van der Waals surface area contributed by atoms with Gasteiger partial charge in [-0.15, -0.1) is 0 Å². The Balaban J connectivity index is 2.85. The number of ether oxygens (including phenoxy) is 2. The highest BCUT2D eigenvalue weighted by Crippen LogP contribution is 2.39. The maximum Gasteiger partial charge on any atom is 0.161 e. The molecule has 3 heteroatoms. The average molecular weight is 329 g/mol. The first-order valence-electron chi connectivity index (χ1n) is 6.65. The summed E-state index contributed by atoms with van der Waals surface area (Å²) in [5.41, 5.74) is 1.55. The number of alkyl halides is 1. The lowest BCUT2D eigenvalue weighted by atomic mass is 9.79. The van der Waals surface area contributed by atoms with Crippen LogP contribution in [0, 0.1) is 11.3 Å². The Morgan fingerprint density at radius 2 is 1.68 bits per heavy atom. The molecule has 0 N–H and O–H groups in total. The van der Waals surface area contributed by atoms with Gasteiger partial charge in [-0.2, -0.15) is 0 Å². The van der Waals surface area contributed by atoms with E-state index < -0.39 is 0 Å². The summed E-state index contributed by atoms with van der Waals surface area (Å²) in [6.45, 7) is 9.15. The Bertz CT molecular complexity index is 410. The first kappa shape index (κ1) is 16.4. The SMILES string of the molecule is COc1ccc(C(Br)CC(C)C(C)(C)C)cc1OC. The first-order valence-corrected chi connectivity index (χ1v) is 7.57. The Morgan fingerprint density at radius 1 is 1.11 bits per heavy atom. The van der Waals surface area contributed by atoms with Crippen molar-refractivity contribution in [1.82, 2.24) is 0 Å². The molecule has 2 unspecified atom stereocenters. The van der Waals surface area contributed by atoms with Crippen molar-refractivity contribution < 1.29 is 9.47 Å². The summed E-state index contributed by atoms with van der Waals surface area (Å²) < 4.78 is 10.6. The van der Waals surface area contributed by atoms with Crippen molar-refractivity contribution in [3.05, 3.63) is 23.8 Å². The molecule has 2 atom stereocenters. The molecular formula is C16H25BrO2. The summed E-state index contributed by atoms with van der Waals surface area (Å²) in [7, 11) is 3.33. The lowest BCUT2D eigenvalue weighted by Crippen LogP contribution is -2.18. The fourth-order valence-corrected chi connectivity index (χ4v) is 2.69. The lowest BCUT2D eigenvalue weighted by molar-refractivity contribution is 0.246. The van der Waals surface area contributed by atoms with E-state index in [1.165, 1.54) is 5.56 Å². The average Bonchev–Trinajstić information content (AvgIpc) is 2.36. The number of rotatable bonds is 5. The van der Waals surface area contributed by atoms with Crippen molar-refractivity contribution in [3.8, 4) is 11.5 Å². The largest absolute Gasteiger partial charge is 0.493 e. The summed E-state index contributed by atoms with van der Waals surface area (Å²) in [6.07, 6.45) is 1.10. The molecule has 0 amide bonds. The van der Waals surface area contributed by atoms with Crippen LogP contribution in [-0.2, 0) is 0 Å². The van der Waals surface area contributed by atoms with Crippen LogP contribution in [0.2, 0.25) is 0 Å². The van der Waals surface area contributed by atoms with Crippen LogP contribution in [0.1, 0.15) is 44.5 Å². The summed E-state index contributed by atoms with van der Waals surface area (Å²) in [6, 6.07) is 6.11. The molecule has 0 aromatic heterocycles. The molecule has 0 fully saturated rings. The molecule has 108 valence electrons. The van der Waals surface area contributed by atoms with Gasteiger partial charge in [0.15, 0.2) is 11.5 Å². The molecule has 1 aromatic rings. The van der Waals surface area contributed by atoms with Gasteiger partial charge in [-0.05, 0) is 35.4 Å². The van der Waals surface area contributed by atoms with Crippen LogP contribution in [0.3, 0.4) is 0 Å². The van der Waals surface area contributed by atoms with Crippen molar-refractivity contribution in [2.24, 2.45) is 11.3 Å². The standard InChI is InChI=1S/C16H25BrO2/c1-11(16(2,3)4)9-13(17)12-7-8-14(18-5)15(10-12)19-6/h7-8,10-11,13H,9H2,1-6H3. The predicted molar refractivity (Wildman–Crippen MR) is 84.5 cm³/mol. The van der Waals surface area contributed by atoms with Crippen molar-refractivity contribution >= 4 is 15.9 Å². The second-order valence-electron chi connectivity index (χ2n) is 6.08. The smallest absolute Gasteiger partial charge is 0.161 e. The fraction of sp³-hybridized carbons (Fsp3) is 0.625. The van der Waals surface area contributed by atoms with Crippen LogP contribution in [0.15, 0.2) is 18.2 Å². The van der Waals surface area contributed by atoms with Gasteiger partial charge < -0.3 is 9.47 Å². The van der Waals surface area contributed by atoms with Crippen LogP contribution in [0.4, 0.5) is 0 Å². The molecular weight excluding hydrogens is 304 g/mol. The van der Waals surface area contributed by atoms with Gasteiger partial charge in [0.1, 0.15) is 0 Å². The molecule has 0 heterocycles. The van der Waals surface area contributed by atoms with Gasteiger partial charge >= 0.3 is 0 Å². The van der Waals surface area contributed by atoms with Crippen LogP contribution in [0.25, 0.3) is 0 Å². The maximum atomic E-state index is 5.35. The molecule has 1 rings (SSSR count). The zero-order valence-electron chi connectivity index (χ0n) is 12.8. The Labute approximate surface area is 125 Å². The molecule has 0 aliphatic heterocycles. The van der Waals surface area contributed by atoms with E-state index in [0.29, 0.717) is 16.2 Å². The molecule has 0 aliphatic carbocycles. The quantitative estimate of drug-likeness (QED) is 0.690. The normalized spacial score (nSPS) is 14.9. The van der Waals surface area contributed by atoms with Gasteiger partial charge in [-0.1, -0.05) is 49.7 Å². The van der Waals surface area contributed by atoms with Crippen LogP contribution < -0.4 is 9.47 Å². The van der Waals surface area contributed by atoms with E-state index in [1.54, 1.807) is 14.2 Å². The molecule has 19 heavy (non-hydrogen) atoms. The zero-order valence-corrected chi connectivity index (χ0v) is 14.4. The van der Waals surface area contributed by atoms with Crippen LogP contribution >= 0.6 is 15.9 Å². The predicted octanol–water partition coefficient (Wildman–Crippen LogP) is 5.21. The van der Waals surface area contributed by atoms with E-state index in [2.05, 4.69) is 49.7 Å². The number of benzene rings is 1. The third-order valence-corrected chi connectivity index (χ3v) is 4.71. The number of hydrogen-bond donors (Lipinski definition) is 0. The third-order valence-electron chi connectivity index (χ3n) is 3.81. The summed E-state index contributed by atoms with van der Waals surface area (Å²) >= 11 is 3.79. The van der Waals surface area contributed by atoms with Gasteiger partial charge in [0.25, 0.3) is 0 Å². The monoisotopic (exact) mass is 328 g/mol. The van der Waals surface area contributed by atoms with E-state index in [4.69, 9.17) is 9.47 Å². The zero-order chi connectivity index (χ0) is 14.6. The van der Waals surface area contributed by atoms with Gasteiger partial charge in [0.05, 0.1) is 14.2 Å². The molecule has 2 nitrogen and oxygen atoms in total. The molecule has 0 spiro atoms. The summed E-state index contributed by atoms with van der Waals surface area (Å²) in [4.78, 5) is 0.335. The van der Waals surface area contributed by atoms with Gasteiger partial charge in [-0.3, -0.25) is 0 Å². The van der Waals surface area contributed by atoms with E-state index in [1.807, 2.05) is 12.1 Å². The fourth-order valence-electron chi connectivity index (χ4n) is 1.85. The van der Waals surface area contributed by atoms with Crippen molar-refractivity contribution in [2.45, 2.75) is 38.9 Å². The topological polar surface area (TPSA) is 18.5 Å². The maximum absolute atomic E-state index is 5.35. The minimum Gasteiger partial charge on any atom is -0.493 e. The highest BCUT2D eigenvalue weighted by molar-refractivity contribution is 9.09. The highest BCUT2D eigenvalue weighted by Gasteiger charge is 2.23. The summed E-state index contributed by atoms with van der Waals surface area (Å²) in [5.74, 6) is 2.19. The minimum atomic E-state index is 0.322. The van der Waals surface area contributed by atoms with Crippen molar-refractivity contribution in [3.63, 3.8) is 0 Å². The van der Waals surface area contributed by atoms with Crippen LogP contribution in [0.5, 0.6) is 11.5 Å². The van der Waals surface area contributed by atoms with Gasteiger partial charge in [-0.25, -0.2) is 0 Å². The van der Waals surface area contributed by atoms with Gasteiger partial charge in [0, 0.05) is 4.83 Å². The van der Waals surface area contributed by atoms with Crippen molar-refractivity contribution in [1.29, 1.82) is 0 Å². The number of hydrogen-bond acceptors (Lipinski definition) is 2. The van der Waals surface area contributed by atoms with Gasteiger partial charge in [0.2, 0.25) is 0 Å². The third kappa shape index (κ3) is 4.41. The number of halogens is 1. The molecule has 0 bridgehead atoms. The molecule has 0 radical (unpaired) electrons. The van der Waals surface area contributed by atoms with E-state index in [-0.39, 0.29) is 0 Å². The Morgan fingerprint density at radius 3 is 2.16 bits per heavy atom. The van der Waals surface area contributed by atoms with Crippen LogP contribution in [-0.4, -0.2) is 14.2 Å². The summed E-state index contributed by atoms with van der Waals surface area (Å²) in [5, 5.41) is 0. The van der Waals surface area contributed by atoms with E-state index in [9.17, 15) is 0 Å². The number of methoxy groups -OCH3 is 2. The van der Waals surface area contributed by atoms with E-state index in [0.717, 1.165) is 17.9 Å². The molecule has 0 saturated carbocycles. The minimum absolute atomic E-state index is 0.322. The lowest BCUT2D eigenvalue weighted by Gasteiger charge is -2.29. The second kappa shape index (κ2) is 6.65. The highest BCUT2D eigenvalue weighted by atomic mass is 79.9. The molecule has 0 aliphatic rings. The Hall–Kier alpha value is -0.700.